The monoisotopic (exact) mass is 143 g/mol. The van der Waals surface area contributed by atoms with Crippen LogP contribution in [0.3, 0.4) is 0 Å². The zero-order chi connectivity index (χ0) is 7.71. The molecule has 0 saturated heterocycles. The van der Waals surface area contributed by atoms with Crippen molar-refractivity contribution >= 4 is 8.07 Å². The molecular formula is C8H19Si. The summed E-state index contributed by atoms with van der Waals surface area (Å²) in [6.45, 7) is 14.0. The van der Waals surface area contributed by atoms with Crippen LogP contribution in [0.4, 0.5) is 0 Å². The van der Waals surface area contributed by atoms with Crippen LogP contribution in [0.1, 0.15) is 27.7 Å². The van der Waals surface area contributed by atoms with E-state index in [1.54, 1.807) is 0 Å². The zero-order valence-electron chi connectivity index (χ0n) is 7.58. The van der Waals surface area contributed by atoms with Crippen molar-refractivity contribution in [2.24, 2.45) is 0 Å². The molecule has 1 heteroatoms. The van der Waals surface area contributed by atoms with E-state index < -0.39 is 8.07 Å². The van der Waals surface area contributed by atoms with E-state index in [4.69, 9.17) is 0 Å². The molecular weight excluding hydrogens is 124 g/mol. The Bertz CT molecular complexity index is 87.2. The van der Waals surface area contributed by atoms with E-state index >= 15 is 0 Å². The van der Waals surface area contributed by atoms with Crippen LogP contribution < -0.4 is 0 Å². The molecule has 0 spiro atoms. The van der Waals surface area contributed by atoms with Gasteiger partial charge in [-0.05, 0) is 11.1 Å². The fourth-order valence-electron chi connectivity index (χ4n) is 0.433. The molecule has 0 aromatic rings. The van der Waals surface area contributed by atoms with E-state index in [-0.39, 0.29) is 0 Å². The van der Waals surface area contributed by atoms with Crippen LogP contribution in [0.5, 0.6) is 0 Å². The van der Waals surface area contributed by atoms with Crippen LogP contribution in [-0.4, -0.2) is 8.07 Å². The molecule has 0 saturated carbocycles. The Morgan fingerprint density at radius 2 is 1.44 bits per heavy atom. The van der Waals surface area contributed by atoms with Crippen molar-refractivity contribution in [2.75, 3.05) is 0 Å². The van der Waals surface area contributed by atoms with E-state index in [0.717, 1.165) is 0 Å². The molecule has 0 aromatic carbocycles. The predicted octanol–water partition coefficient (Wildman–Crippen LogP) is 3.26. The molecule has 0 bridgehead atoms. The summed E-state index contributed by atoms with van der Waals surface area (Å²) in [7, 11) is -1.00. The number of rotatable bonds is 1. The Labute approximate surface area is 60.7 Å². The van der Waals surface area contributed by atoms with Crippen LogP contribution in [0.15, 0.2) is 0 Å². The van der Waals surface area contributed by atoms with Gasteiger partial charge in [0.1, 0.15) is 0 Å². The average molecular weight is 143 g/mol. The van der Waals surface area contributed by atoms with E-state index in [1.165, 1.54) is 0 Å². The summed E-state index contributed by atoms with van der Waals surface area (Å²) >= 11 is 0. The first kappa shape index (κ1) is 9.22. The first-order chi connectivity index (χ1) is 3.81. The van der Waals surface area contributed by atoms with Gasteiger partial charge in [0.25, 0.3) is 0 Å². The van der Waals surface area contributed by atoms with E-state index in [1.807, 2.05) is 0 Å². The number of hydrogen-bond acceptors (Lipinski definition) is 0. The van der Waals surface area contributed by atoms with Gasteiger partial charge in [0, 0.05) is 0 Å². The maximum absolute atomic E-state index is 2.41. The van der Waals surface area contributed by atoms with Crippen molar-refractivity contribution in [3.63, 3.8) is 0 Å². The summed E-state index contributed by atoms with van der Waals surface area (Å²) in [6, 6.07) is 2.41. The first-order valence-corrected chi connectivity index (χ1v) is 6.69. The lowest BCUT2D eigenvalue weighted by atomic mass is 10.2. The molecule has 0 heterocycles. The van der Waals surface area contributed by atoms with Gasteiger partial charge in [0.15, 0.2) is 0 Å². The van der Waals surface area contributed by atoms with Crippen molar-refractivity contribution in [2.45, 2.75) is 45.8 Å². The van der Waals surface area contributed by atoms with Gasteiger partial charge >= 0.3 is 0 Å². The molecule has 0 amide bonds. The normalized spacial score (nSPS) is 14.0. The summed E-state index contributed by atoms with van der Waals surface area (Å²) in [4.78, 5) is 0. The van der Waals surface area contributed by atoms with Gasteiger partial charge in [0.05, 0.1) is 8.07 Å². The van der Waals surface area contributed by atoms with Crippen molar-refractivity contribution < 1.29 is 0 Å². The van der Waals surface area contributed by atoms with Crippen LogP contribution >= 0.6 is 0 Å². The van der Waals surface area contributed by atoms with E-state index in [2.05, 4.69) is 46.8 Å². The smallest absolute Gasteiger partial charge is 0.0555 e. The molecule has 55 valence electrons. The van der Waals surface area contributed by atoms with Crippen LogP contribution in [0.2, 0.25) is 18.1 Å². The van der Waals surface area contributed by atoms with Gasteiger partial charge in [-0.25, -0.2) is 0 Å². The van der Waals surface area contributed by atoms with Gasteiger partial charge in [-0.2, -0.15) is 0 Å². The standard InChI is InChI=1S/C8H19Si/c1-7-9(5,6)8(2,3)4/h7H,1-6H3. The fourth-order valence-corrected chi connectivity index (χ4v) is 1.30. The maximum atomic E-state index is 2.41. The maximum Gasteiger partial charge on any atom is 0.0555 e. The predicted molar refractivity (Wildman–Crippen MR) is 47.2 cm³/mol. The molecule has 9 heavy (non-hydrogen) atoms. The molecule has 0 atom stereocenters. The van der Waals surface area contributed by atoms with Crippen LogP contribution in [0, 0.1) is 6.04 Å². The van der Waals surface area contributed by atoms with Crippen molar-refractivity contribution in [1.29, 1.82) is 0 Å². The topological polar surface area (TPSA) is 0 Å². The molecule has 0 aliphatic rings. The second-order valence-corrected chi connectivity index (χ2v) is 9.78. The summed E-state index contributed by atoms with van der Waals surface area (Å²) < 4.78 is 0. The van der Waals surface area contributed by atoms with Crippen molar-refractivity contribution in [1.82, 2.24) is 0 Å². The lowest BCUT2D eigenvalue weighted by molar-refractivity contribution is 0.724. The van der Waals surface area contributed by atoms with Gasteiger partial charge in [-0.3, -0.25) is 0 Å². The van der Waals surface area contributed by atoms with E-state index in [9.17, 15) is 0 Å². The zero-order valence-corrected chi connectivity index (χ0v) is 8.58. The van der Waals surface area contributed by atoms with Crippen LogP contribution in [-0.2, 0) is 0 Å². The minimum absolute atomic E-state index is 0.530. The van der Waals surface area contributed by atoms with Gasteiger partial charge in [-0.15, -0.1) is 0 Å². The highest BCUT2D eigenvalue weighted by Crippen LogP contribution is 2.36. The SMILES string of the molecule is C[CH][Si](C)(C)C(C)(C)C. The average Bonchev–Trinajstić information content (AvgIpc) is 1.64. The second kappa shape index (κ2) is 2.45. The van der Waals surface area contributed by atoms with Crippen molar-refractivity contribution in [3.8, 4) is 0 Å². The Hall–Kier alpha value is 0.217. The summed E-state index contributed by atoms with van der Waals surface area (Å²) in [5.41, 5.74) is 0. The third-order valence-corrected chi connectivity index (χ3v) is 7.96. The Balaban J connectivity index is 4.14. The Kier molecular flexibility index (Phi) is 2.51. The quantitative estimate of drug-likeness (QED) is 0.494. The summed E-state index contributed by atoms with van der Waals surface area (Å²) in [5, 5.41) is 0.530. The first-order valence-electron chi connectivity index (χ1n) is 3.62. The molecule has 0 fully saturated rings. The largest absolute Gasteiger partial charge is 0.0688 e. The van der Waals surface area contributed by atoms with E-state index in [0.29, 0.717) is 5.04 Å². The highest BCUT2D eigenvalue weighted by molar-refractivity contribution is 6.83. The minimum atomic E-state index is -1.00. The Morgan fingerprint density at radius 1 is 1.11 bits per heavy atom. The van der Waals surface area contributed by atoms with Gasteiger partial charge in [0.2, 0.25) is 0 Å². The molecule has 0 N–H and O–H groups in total. The molecule has 0 rings (SSSR count). The van der Waals surface area contributed by atoms with Crippen molar-refractivity contribution in [3.05, 3.63) is 6.04 Å². The van der Waals surface area contributed by atoms with Gasteiger partial charge in [-0.1, -0.05) is 40.8 Å². The molecule has 0 nitrogen and oxygen atoms in total. The lowest BCUT2D eigenvalue weighted by Crippen LogP contribution is -2.36. The fraction of sp³-hybridized carbons (Fsp3) is 0.875. The second-order valence-electron chi connectivity index (χ2n) is 4.26. The third kappa shape index (κ3) is 2.13. The highest BCUT2D eigenvalue weighted by Gasteiger charge is 2.32. The summed E-state index contributed by atoms with van der Waals surface area (Å²) in [6.07, 6.45) is 0. The molecule has 0 unspecified atom stereocenters. The van der Waals surface area contributed by atoms with Crippen LogP contribution in [0.25, 0.3) is 0 Å². The van der Waals surface area contributed by atoms with Gasteiger partial charge < -0.3 is 0 Å². The summed E-state index contributed by atoms with van der Waals surface area (Å²) in [5.74, 6) is 0. The Morgan fingerprint density at radius 3 is 1.44 bits per heavy atom. The third-order valence-electron chi connectivity index (χ3n) is 2.65. The molecule has 1 radical (unpaired) electrons. The number of hydrogen-bond donors (Lipinski definition) is 0. The molecule has 0 aliphatic carbocycles. The minimum Gasteiger partial charge on any atom is -0.0688 e. The molecule has 0 aliphatic heterocycles. The molecule has 0 aromatic heterocycles. The highest BCUT2D eigenvalue weighted by atomic mass is 28.3. The lowest BCUT2D eigenvalue weighted by Gasteiger charge is -2.35.